The zero-order valence-corrected chi connectivity index (χ0v) is 26.4. The standard InChI is InChI=1S/C46H25BN2/c1-3-12-28-24-40-34(20-26(28)10-1)42-32-16-7-5-14-30(32)22-36-45(42)48(40)38-18-9-19-39-44(38)47(36)37-23-31-15-6-8-17-33(31)43-35-21-27-11-2-4-13-29(27)25-41(35)49(39)46(37)43/h1-25H. The van der Waals surface area contributed by atoms with Gasteiger partial charge in [0.2, 0.25) is 0 Å². The van der Waals surface area contributed by atoms with Gasteiger partial charge in [-0.15, -0.1) is 0 Å². The summed E-state index contributed by atoms with van der Waals surface area (Å²) in [7, 11) is 0. The number of fused-ring (bicyclic) bond motifs is 16. The van der Waals surface area contributed by atoms with E-state index in [2.05, 4.69) is 161 Å². The van der Waals surface area contributed by atoms with E-state index in [1.807, 2.05) is 0 Å². The van der Waals surface area contributed by atoms with Crippen LogP contribution in [-0.2, 0) is 0 Å². The molecule has 0 aliphatic carbocycles. The van der Waals surface area contributed by atoms with Crippen LogP contribution in [-0.4, -0.2) is 15.8 Å². The highest BCUT2D eigenvalue weighted by molar-refractivity contribution is 7.00. The molecule has 0 atom stereocenters. The molecule has 3 heteroatoms. The zero-order chi connectivity index (χ0) is 31.5. The Balaban J connectivity index is 1.31. The van der Waals surface area contributed by atoms with Crippen molar-refractivity contribution in [3.05, 3.63) is 152 Å². The molecule has 0 saturated carbocycles. The van der Waals surface area contributed by atoms with Crippen LogP contribution in [0.15, 0.2) is 152 Å². The molecule has 2 aliphatic heterocycles. The Bertz CT molecular complexity index is 3120. The SMILES string of the molecule is c1cc2c3c(c1)-n1c4cc5ccccc5cc4c4c5ccccc5cc(c41)B3c1cc3ccccc3c3c4cc5ccccc5cc4n-2c13. The average Bonchev–Trinajstić information content (AvgIpc) is 3.66. The van der Waals surface area contributed by atoms with Crippen molar-refractivity contribution in [1.82, 2.24) is 9.13 Å². The van der Waals surface area contributed by atoms with Crippen LogP contribution < -0.4 is 16.4 Å². The van der Waals surface area contributed by atoms with Crippen molar-refractivity contribution in [1.29, 1.82) is 0 Å². The van der Waals surface area contributed by atoms with Crippen LogP contribution in [0.4, 0.5) is 0 Å². The minimum atomic E-state index is 0.0999. The van der Waals surface area contributed by atoms with Gasteiger partial charge in [0.15, 0.2) is 0 Å². The lowest BCUT2D eigenvalue weighted by molar-refractivity contribution is 1.15. The van der Waals surface area contributed by atoms with Crippen molar-refractivity contribution in [3.8, 4) is 11.4 Å². The summed E-state index contributed by atoms with van der Waals surface area (Å²) in [6, 6.07) is 57.3. The summed E-state index contributed by atoms with van der Waals surface area (Å²) in [5, 5.41) is 15.7. The molecular formula is C46H25BN2. The van der Waals surface area contributed by atoms with Crippen LogP contribution >= 0.6 is 0 Å². The Morgan fingerprint density at radius 2 is 0.755 bits per heavy atom. The first-order chi connectivity index (χ1) is 24.3. The van der Waals surface area contributed by atoms with E-state index in [4.69, 9.17) is 0 Å². The highest BCUT2D eigenvalue weighted by atomic mass is 15.0. The van der Waals surface area contributed by atoms with Crippen LogP contribution in [0.1, 0.15) is 0 Å². The third kappa shape index (κ3) is 2.85. The van der Waals surface area contributed by atoms with Gasteiger partial charge in [0, 0.05) is 32.9 Å². The van der Waals surface area contributed by atoms with Crippen LogP contribution in [0.5, 0.6) is 0 Å². The second-order valence-corrected chi connectivity index (χ2v) is 14.1. The van der Waals surface area contributed by atoms with Crippen LogP contribution in [0.25, 0.3) is 98.1 Å². The van der Waals surface area contributed by atoms with E-state index >= 15 is 0 Å². The molecule has 0 spiro atoms. The predicted octanol–water partition coefficient (Wildman–Crippen LogP) is 9.64. The molecule has 9 aromatic carbocycles. The topological polar surface area (TPSA) is 9.86 Å². The van der Waals surface area contributed by atoms with Crippen LogP contribution in [0.3, 0.4) is 0 Å². The van der Waals surface area contributed by atoms with E-state index < -0.39 is 0 Å². The summed E-state index contributed by atoms with van der Waals surface area (Å²) < 4.78 is 5.19. The first kappa shape index (κ1) is 24.8. The molecule has 0 radical (unpaired) electrons. The van der Waals surface area contributed by atoms with Gasteiger partial charge in [-0.2, -0.15) is 0 Å². The molecule has 0 amide bonds. The molecule has 11 aromatic rings. The van der Waals surface area contributed by atoms with Gasteiger partial charge in [0.1, 0.15) is 0 Å². The Labute approximate surface area is 281 Å². The number of hydrogen-bond acceptors (Lipinski definition) is 0. The maximum Gasteiger partial charge on any atom is 0.252 e. The second-order valence-electron chi connectivity index (χ2n) is 14.1. The molecule has 0 unspecified atom stereocenters. The van der Waals surface area contributed by atoms with Gasteiger partial charge in [-0.1, -0.05) is 115 Å². The smallest absolute Gasteiger partial charge is 0.252 e. The van der Waals surface area contributed by atoms with Crippen LogP contribution in [0.2, 0.25) is 0 Å². The number of aromatic nitrogens is 2. The van der Waals surface area contributed by atoms with Gasteiger partial charge in [-0.3, -0.25) is 0 Å². The maximum atomic E-state index is 2.60. The van der Waals surface area contributed by atoms with E-state index in [0.29, 0.717) is 0 Å². The van der Waals surface area contributed by atoms with Gasteiger partial charge >= 0.3 is 0 Å². The van der Waals surface area contributed by atoms with E-state index in [-0.39, 0.29) is 6.71 Å². The molecule has 4 heterocycles. The molecular weight excluding hydrogens is 591 g/mol. The van der Waals surface area contributed by atoms with Gasteiger partial charge in [0.25, 0.3) is 6.71 Å². The average molecular weight is 617 g/mol. The second kappa shape index (κ2) is 8.39. The molecule has 49 heavy (non-hydrogen) atoms. The lowest BCUT2D eigenvalue weighted by Crippen LogP contribution is -2.59. The molecule has 0 saturated heterocycles. The van der Waals surface area contributed by atoms with Crippen molar-refractivity contribution >= 4 is 110 Å². The molecule has 13 rings (SSSR count). The number of rotatable bonds is 0. The molecule has 0 N–H and O–H groups in total. The Hall–Kier alpha value is -6.32. The lowest BCUT2D eigenvalue weighted by atomic mass is 9.34. The zero-order valence-electron chi connectivity index (χ0n) is 26.4. The molecule has 0 bridgehead atoms. The number of benzene rings is 9. The largest absolute Gasteiger partial charge is 0.310 e. The Morgan fingerprint density at radius 3 is 1.22 bits per heavy atom. The Kier molecular flexibility index (Phi) is 4.25. The van der Waals surface area contributed by atoms with E-state index in [1.54, 1.807) is 0 Å². The fourth-order valence-corrected chi connectivity index (χ4v) is 9.86. The summed E-state index contributed by atoms with van der Waals surface area (Å²) in [6.07, 6.45) is 0. The first-order valence-corrected chi connectivity index (χ1v) is 17.2. The van der Waals surface area contributed by atoms with Crippen LogP contribution in [0, 0.1) is 0 Å². The molecule has 0 fully saturated rings. The summed E-state index contributed by atoms with van der Waals surface area (Å²) in [5.74, 6) is 0. The van der Waals surface area contributed by atoms with Crippen molar-refractivity contribution in [2.45, 2.75) is 0 Å². The fraction of sp³-hybridized carbons (Fsp3) is 0. The predicted molar refractivity (Wildman–Crippen MR) is 210 cm³/mol. The third-order valence-corrected chi connectivity index (χ3v) is 11.8. The van der Waals surface area contributed by atoms with E-state index in [1.165, 1.54) is 114 Å². The van der Waals surface area contributed by atoms with E-state index in [0.717, 1.165) is 0 Å². The van der Waals surface area contributed by atoms with E-state index in [9.17, 15) is 0 Å². The Morgan fingerprint density at radius 1 is 0.347 bits per heavy atom. The van der Waals surface area contributed by atoms with Gasteiger partial charge in [0.05, 0.1) is 22.1 Å². The van der Waals surface area contributed by atoms with Gasteiger partial charge in [-0.25, -0.2) is 0 Å². The minimum absolute atomic E-state index is 0.0999. The lowest BCUT2D eigenvalue weighted by Gasteiger charge is -2.34. The van der Waals surface area contributed by atoms with Crippen molar-refractivity contribution in [2.24, 2.45) is 0 Å². The summed E-state index contributed by atoms with van der Waals surface area (Å²) >= 11 is 0. The van der Waals surface area contributed by atoms with Crippen molar-refractivity contribution in [3.63, 3.8) is 0 Å². The van der Waals surface area contributed by atoms with Gasteiger partial charge in [-0.05, 0) is 95.9 Å². The summed E-state index contributed by atoms with van der Waals surface area (Å²) in [4.78, 5) is 0. The summed E-state index contributed by atoms with van der Waals surface area (Å²) in [6.45, 7) is 0.0999. The highest BCUT2D eigenvalue weighted by Crippen LogP contribution is 2.44. The number of hydrogen-bond donors (Lipinski definition) is 0. The quantitative estimate of drug-likeness (QED) is 0.150. The normalized spacial score (nSPS) is 13.3. The maximum absolute atomic E-state index is 2.60. The van der Waals surface area contributed by atoms with Crippen molar-refractivity contribution < 1.29 is 0 Å². The molecule has 2 aliphatic rings. The minimum Gasteiger partial charge on any atom is -0.310 e. The van der Waals surface area contributed by atoms with Crippen molar-refractivity contribution in [2.75, 3.05) is 0 Å². The fourth-order valence-electron chi connectivity index (χ4n) is 9.86. The summed E-state index contributed by atoms with van der Waals surface area (Å²) in [5.41, 5.74) is 12.0. The highest BCUT2D eigenvalue weighted by Gasteiger charge is 2.41. The first-order valence-electron chi connectivity index (χ1n) is 17.2. The third-order valence-electron chi connectivity index (χ3n) is 11.8. The number of nitrogens with zero attached hydrogens (tertiary/aromatic N) is 2. The molecule has 2 nitrogen and oxygen atoms in total. The molecule has 222 valence electrons. The molecule has 2 aromatic heterocycles. The van der Waals surface area contributed by atoms with Gasteiger partial charge < -0.3 is 9.13 Å². The monoisotopic (exact) mass is 616 g/mol.